The van der Waals surface area contributed by atoms with E-state index in [9.17, 15) is 4.79 Å². The van der Waals surface area contributed by atoms with Crippen LogP contribution in [0.1, 0.15) is 24.4 Å². The third-order valence-electron chi connectivity index (χ3n) is 4.96. The zero-order valence-corrected chi connectivity index (χ0v) is 15.2. The molecule has 4 nitrogen and oxygen atoms in total. The number of aromatic nitrogens is 2. The van der Waals surface area contributed by atoms with Gasteiger partial charge in [0.05, 0.1) is 16.1 Å². The molecule has 1 aliphatic rings. The van der Waals surface area contributed by atoms with Gasteiger partial charge in [-0.15, -0.1) is 0 Å². The molecule has 25 heavy (non-hydrogen) atoms. The molecule has 1 aliphatic heterocycles. The van der Waals surface area contributed by atoms with E-state index in [1.54, 1.807) is 0 Å². The van der Waals surface area contributed by atoms with Crippen molar-refractivity contribution in [3.05, 3.63) is 68.6 Å². The Morgan fingerprint density at radius 3 is 2.48 bits per heavy atom. The molecule has 4 rings (SSSR count). The number of para-hydroxylation sites is 1. The number of likely N-dealkylation sites (tertiary alicyclic amines) is 1. The lowest BCUT2D eigenvalue weighted by atomic mass is 10.0. The molecule has 0 amide bonds. The molecule has 0 atom stereocenters. The van der Waals surface area contributed by atoms with Gasteiger partial charge in [-0.25, -0.2) is 4.79 Å². The molecule has 6 heteroatoms. The SMILES string of the molecule is O=c1[nH]c2cccc(Cl)c2n1C1CCN(Cc2ccccc2Cl)CC1. The second-order valence-electron chi connectivity index (χ2n) is 6.53. The van der Waals surface area contributed by atoms with E-state index in [1.165, 1.54) is 0 Å². The van der Waals surface area contributed by atoms with Crippen LogP contribution >= 0.6 is 23.2 Å². The van der Waals surface area contributed by atoms with Crippen LogP contribution in [-0.2, 0) is 6.54 Å². The summed E-state index contributed by atoms with van der Waals surface area (Å²) in [4.78, 5) is 17.7. The fraction of sp³-hybridized carbons (Fsp3) is 0.316. The van der Waals surface area contributed by atoms with E-state index in [4.69, 9.17) is 23.2 Å². The predicted molar refractivity (Wildman–Crippen MR) is 103 cm³/mol. The van der Waals surface area contributed by atoms with Gasteiger partial charge in [0, 0.05) is 30.7 Å². The maximum absolute atomic E-state index is 12.4. The highest BCUT2D eigenvalue weighted by Gasteiger charge is 2.24. The lowest BCUT2D eigenvalue weighted by Gasteiger charge is -2.32. The summed E-state index contributed by atoms with van der Waals surface area (Å²) < 4.78 is 1.84. The number of imidazole rings is 1. The number of nitrogens with zero attached hydrogens (tertiary/aromatic N) is 2. The monoisotopic (exact) mass is 375 g/mol. The van der Waals surface area contributed by atoms with E-state index in [1.807, 2.05) is 41.0 Å². The van der Waals surface area contributed by atoms with Crippen molar-refractivity contribution >= 4 is 34.2 Å². The van der Waals surface area contributed by atoms with E-state index >= 15 is 0 Å². The zero-order chi connectivity index (χ0) is 17.4. The topological polar surface area (TPSA) is 41.0 Å². The largest absolute Gasteiger partial charge is 0.326 e. The number of piperidine rings is 1. The molecule has 2 heterocycles. The normalized spacial score (nSPS) is 16.6. The maximum Gasteiger partial charge on any atom is 0.326 e. The van der Waals surface area contributed by atoms with Crippen LogP contribution in [0.15, 0.2) is 47.3 Å². The van der Waals surface area contributed by atoms with E-state index < -0.39 is 0 Å². The van der Waals surface area contributed by atoms with Gasteiger partial charge in [-0.3, -0.25) is 9.47 Å². The quantitative estimate of drug-likeness (QED) is 0.733. The first-order valence-electron chi connectivity index (χ1n) is 8.48. The zero-order valence-electron chi connectivity index (χ0n) is 13.7. The second-order valence-corrected chi connectivity index (χ2v) is 7.35. The highest BCUT2D eigenvalue weighted by atomic mass is 35.5. The van der Waals surface area contributed by atoms with Crippen molar-refractivity contribution in [1.82, 2.24) is 14.5 Å². The number of halogens is 2. The number of H-pyrrole nitrogens is 1. The van der Waals surface area contributed by atoms with E-state index in [0.29, 0.717) is 5.02 Å². The van der Waals surface area contributed by atoms with Gasteiger partial charge in [-0.1, -0.05) is 47.5 Å². The van der Waals surface area contributed by atoms with Crippen molar-refractivity contribution in [2.75, 3.05) is 13.1 Å². The molecule has 0 saturated carbocycles. The van der Waals surface area contributed by atoms with Crippen LogP contribution in [0, 0.1) is 0 Å². The third kappa shape index (κ3) is 3.22. The third-order valence-corrected chi connectivity index (χ3v) is 5.64. The Kier molecular flexibility index (Phi) is 4.59. The van der Waals surface area contributed by atoms with E-state index in [0.717, 1.165) is 54.1 Å². The lowest BCUT2D eigenvalue weighted by Crippen LogP contribution is -2.36. The summed E-state index contributed by atoms with van der Waals surface area (Å²) in [6.45, 7) is 2.70. The van der Waals surface area contributed by atoms with Crippen molar-refractivity contribution < 1.29 is 0 Å². The molecular weight excluding hydrogens is 357 g/mol. The Bertz CT molecular complexity index is 955. The summed E-state index contributed by atoms with van der Waals surface area (Å²) >= 11 is 12.6. The Morgan fingerprint density at radius 2 is 1.72 bits per heavy atom. The molecule has 0 aliphatic carbocycles. The molecule has 0 unspecified atom stereocenters. The minimum absolute atomic E-state index is 0.0762. The van der Waals surface area contributed by atoms with E-state index in [2.05, 4.69) is 16.0 Å². The molecule has 3 aromatic rings. The van der Waals surface area contributed by atoms with Crippen LogP contribution in [0.3, 0.4) is 0 Å². The fourth-order valence-corrected chi connectivity index (χ4v) is 4.15. The van der Waals surface area contributed by atoms with Crippen molar-refractivity contribution in [1.29, 1.82) is 0 Å². The number of aromatic amines is 1. The molecule has 1 fully saturated rings. The summed E-state index contributed by atoms with van der Waals surface area (Å²) in [6, 6.07) is 13.7. The average Bonchev–Trinajstić information content (AvgIpc) is 2.95. The molecule has 0 bridgehead atoms. The van der Waals surface area contributed by atoms with Gasteiger partial charge < -0.3 is 4.98 Å². The van der Waals surface area contributed by atoms with Gasteiger partial charge in [-0.2, -0.15) is 0 Å². The Hall–Kier alpha value is -1.75. The molecule has 2 aromatic carbocycles. The van der Waals surface area contributed by atoms with Crippen LogP contribution in [0.2, 0.25) is 10.0 Å². The first-order valence-corrected chi connectivity index (χ1v) is 9.23. The number of nitrogens with one attached hydrogen (secondary N) is 1. The number of hydrogen-bond donors (Lipinski definition) is 1. The standard InChI is InChI=1S/C19H19Cl2N3O/c20-15-5-2-1-4-13(15)12-23-10-8-14(9-11-23)24-18-16(21)6-3-7-17(18)22-19(24)25/h1-7,14H,8-12H2,(H,22,25). The van der Waals surface area contributed by atoms with Crippen LogP contribution in [0.4, 0.5) is 0 Å². The molecule has 1 aromatic heterocycles. The predicted octanol–water partition coefficient (Wildman–Crippen LogP) is 4.47. The van der Waals surface area contributed by atoms with Crippen LogP contribution in [0.25, 0.3) is 11.0 Å². The highest BCUT2D eigenvalue weighted by molar-refractivity contribution is 6.35. The Labute approximate surface area is 156 Å². The maximum atomic E-state index is 12.4. The lowest BCUT2D eigenvalue weighted by molar-refractivity contribution is 0.180. The van der Waals surface area contributed by atoms with Crippen molar-refractivity contribution in [3.8, 4) is 0 Å². The second kappa shape index (κ2) is 6.87. The van der Waals surface area contributed by atoms with Crippen molar-refractivity contribution in [3.63, 3.8) is 0 Å². The minimum atomic E-state index is -0.0762. The summed E-state index contributed by atoms with van der Waals surface area (Å²) in [5.41, 5.74) is 2.69. The van der Waals surface area contributed by atoms with Gasteiger partial charge in [0.2, 0.25) is 0 Å². The molecule has 0 radical (unpaired) electrons. The summed E-state index contributed by atoms with van der Waals surface area (Å²) in [5.74, 6) is 0. The number of fused-ring (bicyclic) bond motifs is 1. The molecule has 1 saturated heterocycles. The van der Waals surface area contributed by atoms with Gasteiger partial charge in [0.15, 0.2) is 0 Å². The summed E-state index contributed by atoms with van der Waals surface area (Å²) in [5, 5.41) is 1.43. The van der Waals surface area contributed by atoms with E-state index in [-0.39, 0.29) is 11.7 Å². The fourth-order valence-electron chi connectivity index (χ4n) is 3.69. The van der Waals surface area contributed by atoms with Crippen LogP contribution < -0.4 is 5.69 Å². The summed E-state index contributed by atoms with van der Waals surface area (Å²) in [6.07, 6.45) is 1.84. The van der Waals surface area contributed by atoms with Gasteiger partial charge in [0.1, 0.15) is 0 Å². The van der Waals surface area contributed by atoms with Gasteiger partial charge in [0.25, 0.3) is 0 Å². The summed E-state index contributed by atoms with van der Waals surface area (Å²) in [7, 11) is 0. The average molecular weight is 376 g/mol. The van der Waals surface area contributed by atoms with Gasteiger partial charge >= 0.3 is 5.69 Å². The molecular formula is C19H19Cl2N3O. The molecule has 1 N–H and O–H groups in total. The number of hydrogen-bond acceptors (Lipinski definition) is 2. The van der Waals surface area contributed by atoms with Crippen molar-refractivity contribution in [2.24, 2.45) is 0 Å². The molecule has 130 valence electrons. The Balaban J connectivity index is 1.52. The number of rotatable bonds is 3. The first kappa shape index (κ1) is 16.7. The minimum Gasteiger partial charge on any atom is -0.305 e. The van der Waals surface area contributed by atoms with Gasteiger partial charge in [-0.05, 0) is 36.6 Å². The molecule has 0 spiro atoms. The number of benzene rings is 2. The van der Waals surface area contributed by atoms with Crippen molar-refractivity contribution in [2.45, 2.75) is 25.4 Å². The van der Waals surface area contributed by atoms with Crippen LogP contribution in [0.5, 0.6) is 0 Å². The smallest absolute Gasteiger partial charge is 0.305 e. The highest BCUT2D eigenvalue weighted by Crippen LogP contribution is 2.29. The van der Waals surface area contributed by atoms with Crippen LogP contribution in [-0.4, -0.2) is 27.5 Å². The first-order chi connectivity index (χ1) is 12.1. The Morgan fingerprint density at radius 1 is 1.00 bits per heavy atom.